The van der Waals surface area contributed by atoms with Crippen LogP contribution in [0.4, 0.5) is 0 Å². The summed E-state index contributed by atoms with van der Waals surface area (Å²) in [7, 11) is 0. The van der Waals surface area contributed by atoms with Crippen LogP contribution in [0.25, 0.3) is 0 Å². The van der Waals surface area contributed by atoms with Crippen molar-refractivity contribution in [3.63, 3.8) is 0 Å². The van der Waals surface area contributed by atoms with Crippen LogP contribution >= 0.6 is 0 Å². The zero-order valence-electron chi connectivity index (χ0n) is 22.2. The molecule has 0 aliphatic carbocycles. The minimum absolute atomic E-state index is 0.214. The van der Waals surface area contributed by atoms with Crippen molar-refractivity contribution in [1.82, 2.24) is 0 Å². The fourth-order valence-corrected chi connectivity index (χ4v) is 3.59. The van der Waals surface area contributed by atoms with Gasteiger partial charge < -0.3 is 29.9 Å². The maximum atomic E-state index is 11.8. The van der Waals surface area contributed by atoms with E-state index in [2.05, 4.69) is 23.8 Å². The SMILES string of the molecule is CCCCCCCC/C=C\CCCCCCCC(=O)OCC(O)COC(=O)CC(O)(CC(=O)O)C(=O)O. The number of carboxylic acid groups (broad SMARTS) is 2. The van der Waals surface area contributed by atoms with Crippen LogP contribution < -0.4 is 0 Å². The highest BCUT2D eigenvalue weighted by molar-refractivity contribution is 5.88. The van der Waals surface area contributed by atoms with Crippen molar-refractivity contribution in [2.24, 2.45) is 0 Å². The third-order valence-electron chi connectivity index (χ3n) is 5.79. The van der Waals surface area contributed by atoms with Gasteiger partial charge in [0.25, 0.3) is 0 Å². The van der Waals surface area contributed by atoms with E-state index in [9.17, 15) is 29.4 Å². The van der Waals surface area contributed by atoms with E-state index in [0.717, 1.165) is 38.5 Å². The molecule has 0 fully saturated rings. The number of hydrogen-bond donors (Lipinski definition) is 4. The molecule has 0 aromatic heterocycles. The minimum Gasteiger partial charge on any atom is -0.481 e. The van der Waals surface area contributed by atoms with Crippen LogP contribution in [0.1, 0.15) is 110 Å². The van der Waals surface area contributed by atoms with Gasteiger partial charge in [0.15, 0.2) is 5.60 Å². The summed E-state index contributed by atoms with van der Waals surface area (Å²) in [5, 5.41) is 37.2. The summed E-state index contributed by atoms with van der Waals surface area (Å²) in [5.74, 6) is -5.16. The van der Waals surface area contributed by atoms with Gasteiger partial charge in [0.1, 0.15) is 19.3 Å². The lowest BCUT2D eigenvalue weighted by atomic mass is 9.96. The number of aliphatic carboxylic acids is 2. The Morgan fingerprint density at radius 3 is 1.73 bits per heavy atom. The third-order valence-corrected chi connectivity index (χ3v) is 5.79. The number of aliphatic hydroxyl groups is 2. The van der Waals surface area contributed by atoms with E-state index >= 15 is 0 Å². The van der Waals surface area contributed by atoms with E-state index in [4.69, 9.17) is 14.9 Å². The maximum Gasteiger partial charge on any atom is 0.336 e. The number of ether oxygens (including phenoxy) is 2. The Bertz CT molecular complexity index is 691. The summed E-state index contributed by atoms with van der Waals surface area (Å²) < 4.78 is 9.59. The summed E-state index contributed by atoms with van der Waals surface area (Å²) in [6.45, 7) is 1.22. The number of esters is 2. The van der Waals surface area contributed by atoms with Crippen LogP contribution in [0.15, 0.2) is 12.2 Å². The van der Waals surface area contributed by atoms with Gasteiger partial charge in [-0.1, -0.05) is 70.4 Å². The van der Waals surface area contributed by atoms with E-state index < -0.39 is 61.6 Å². The number of aliphatic hydroxyl groups excluding tert-OH is 1. The van der Waals surface area contributed by atoms with Gasteiger partial charge >= 0.3 is 23.9 Å². The fraction of sp³-hybridized carbons (Fsp3) is 0.778. The Hall–Kier alpha value is -2.46. The number of hydrogen-bond acceptors (Lipinski definition) is 8. The van der Waals surface area contributed by atoms with Gasteiger partial charge in [0.05, 0.1) is 12.8 Å². The predicted octanol–water partition coefficient (Wildman–Crippen LogP) is 4.15. The Morgan fingerprint density at radius 1 is 0.730 bits per heavy atom. The highest BCUT2D eigenvalue weighted by atomic mass is 16.6. The molecule has 0 saturated carbocycles. The van der Waals surface area contributed by atoms with Crippen LogP contribution in [0, 0.1) is 0 Å². The zero-order chi connectivity index (χ0) is 27.9. The van der Waals surface area contributed by atoms with Crippen molar-refractivity contribution in [2.45, 2.75) is 121 Å². The Morgan fingerprint density at radius 2 is 1.22 bits per heavy atom. The average molecular weight is 531 g/mol. The summed E-state index contributed by atoms with van der Waals surface area (Å²) in [6, 6.07) is 0. The molecule has 0 aromatic carbocycles. The number of unbranched alkanes of at least 4 members (excludes halogenated alkanes) is 11. The Balaban J connectivity index is 3.75. The van der Waals surface area contributed by atoms with E-state index in [1.807, 2.05) is 0 Å². The quantitative estimate of drug-likeness (QED) is 0.0808. The first-order chi connectivity index (χ1) is 17.6. The molecule has 2 unspecified atom stereocenters. The van der Waals surface area contributed by atoms with Gasteiger partial charge in [-0.2, -0.15) is 0 Å². The maximum absolute atomic E-state index is 11.8. The molecule has 37 heavy (non-hydrogen) atoms. The molecule has 2 atom stereocenters. The molecule has 0 spiro atoms. The molecule has 4 N–H and O–H groups in total. The van der Waals surface area contributed by atoms with Crippen molar-refractivity contribution < 1.29 is 49.1 Å². The zero-order valence-corrected chi connectivity index (χ0v) is 22.2. The Kier molecular flexibility index (Phi) is 20.2. The molecular formula is C27H46O10. The molecule has 10 nitrogen and oxygen atoms in total. The molecule has 0 rings (SSSR count). The minimum atomic E-state index is -2.82. The molecule has 0 aliphatic rings. The van der Waals surface area contributed by atoms with Crippen LogP contribution in [-0.4, -0.2) is 69.2 Å². The van der Waals surface area contributed by atoms with Crippen LogP contribution in [-0.2, 0) is 28.7 Å². The molecule has 0 amide bonds. The van der Waals surface area contributed by atoms with E-state index in [1.165, 1.54) is 38.5 Å². The number of carbonyl (C=O) groups excluding carboxylic acids is 2. The summed E-state index contributed by atoms with van der Waals surface area (Å²) in [5.41, 5.74) is -2.82. The van der Waals surface area contributed by atoms with E-state index in [1.54, 1.807) is 0 Å². The van der Waals surface area contributed by atoms with Crippen molar-refractivity contribution in [1.29, 1.82) is 0 Å². The lowest BCUT2D eigenvalue weighted by molar-refractivity contribution is -0.173. The molecule has 10 heteroatoms. The van der Waals surface area contributed by atoms with Gasteiger partial charge in [-0.15, -0.1) is 0 Å². The van der Waals surface area contributed by atoms with Gasteiger partial charge in [-0.25, -0.2) is 4.79 Å². The first-order valence-corrected chi connectivity index (χ1v) is 13.4. The fourth-order valence-electron chi connectivity index (χ4n) is 3.59. The lowest BCUT2D eigenvalue weighted by Gasteiger charge is -2.20. The monoisotopic (exact) mass is 530 g/mol. The topological polar surface area (TPSA) is 168 Å². The second-order valence-electron chi connectivity index (χ2n) is 9.44. The largest absolute Gasteiger partial charge is 0.481 e. The number of rotatable bonds is 24. The summed E-state index contributed by atoms with van der Waals surface area (Å²) in [4.78, 5) is 45.2. The number of carboxylic acids is 2. The first kappa shape index (κ1) is 34.5. The standard InChI is InChI=1S/C27H46O10/c1-2-3-4-5-6-7-8-9-10-11-12-13-14-15-16-17-24(31)36-20-22(28)21-37-25(32)19-27(35,26(33)34)18-23(29)30/h9-10,22,28,35H,2-8,11-21H2,1H3,(H,29,30)(H,33,34)/b10-9-. The van der Waals surface area contributed by atoms with E-state index in [0.29, 0.717) is 6.42 Å². The lowest BCUT2D eigenvalue weighted by Crippen LogP contribution is -2.43. The number of allylic oxidation sites excluding steroid dienone is 2. The highest BCUT2D eigenvalue weighted by Crippen LogP contribution is 2.17. The Labute approximate surface area is 220 Å². The molecule has 0 bridgehead atoms. The van der Waals surface area contributed by atoms with Crippen molar-refractivity contribution in [2.75, 3.05) is 13.2 Å². The summed E-state index contributed by atoms with van der Waals surface area (Å²) in [6.07, 6.45) is 16.1. The van der Waals surface area contributed by atoms with Crippen molar-refractivity contribution in [3.05, 3.63) is 12.2 Å². The van der Waals surface area contributed by atoms with Gasteiger partial charge in [-0.05, 0) is 32.1 Å². The van der Waals surface area contributed by atoms with Gasteiger partial charge in [-0.3, -0.25) is 14.4 Å². The van der Waals surface area contributed by atoms with E-state index in [-0.39, 0.29) is 6.42 Å². The predicted molar refractivity (Wildman–Crippen MR) is 137 cm³/mol. The van der Waals surface area contributed by atoms with Crippen LogP contribution in [0.3, 0.4) is 0 Å². The number of carbonyl (C=O) groups is 4. The first-order valence-electron chi connectivity index (χ1n) is 13.4. The molecule has 0 aliphatic heterocycles. The molecule has 0 saturated heterocycles. The molecule has 214 valence electrons. The van der Waals surface area contributed by atoms with Crippen molar-refractivity contribution in [3.8, 4) is 0 Å². The van der Waals surface area contributed by atoms with Gasteiger partial charge in [0.2, 0.25) is 0 Å². The molecule has 0 radical (unpaired) electrons. The second-order valence-corrected chi connectivity index (χ2v) is 9.44. The molecule has 0 aromatic rings. The second kappa shape index (κ2) is 21.6. The third kappa shape index (κ3) is 20.3. The molecule has 0 heterocycles. The average Bonchev–Trinajstić information content (AvgIpc) is 2.83. The highest BCUT2D eigenvalue weighted by Gasteiger charge is 2.41. The smallest absolute Gasteiger partial charge is 0.336 e. The van der Waals surface area contributed by atoms with Crippen molar-refractivity contribution >= 4 is 23.9 Å². The van der Waals surface area contributed by atoms with Gasteiger partial charge in [0, 0.05) is 6.42 Å². The van der Waals surface area contributed by atoms with Crippen LogP contribution in [0.5, 0.6) is 0 Å². The summed E-state index contributed by atoms with van der Waals surface area (Å²) >= 11 is 0. The van der Waals surface area contributed by atoms with Crippen LogP contribution in [0.2, 0.25) is 0 Å². The molecular weight excluding hydrogens is 484 g/mol. The normalized spacial score (nSPS) is 13.7.